The van der Waals surface area contributed by atoms with E-state index in [-0.39, 0.29) is 6.04 Å². The number of rotatable bonds is 4. The Hall–Kier alpha value is -1.81. The van der Waals surface area contributed by atoms with Gasteiger partial charge in [0.25, 0.3) is 0 Å². The van der Waals surface area contributed by atoms with Crippen LogP contribution in [0.25, 0.3) is 11.2 Å². The molecule has 2 aromatic rings. The van der Waals surface area contributed by atoms with Gasteiger partial charge in [0.15, 0.2) is 23.2 Å². The Kier molecular flexibility index (Phi) is 4.32. The Morgan fingerprint density at radius 3 is 2.72 bits per heavy atom. The number of aliphatic hydroxyl groups is 3. The molecule has 0 unspecified atom stereocenters. The van der Waals surface area contributed by atoms with E-state index in [9.17, 15) is 15.3 Å². The first-order chi connectivity index (χ1) is 12.1. The number of hydrogen-bond acceptors (Lipinski definition) is 8. The smallest absolute Gasteiger partial charge is 0.167 e. The molecular weight excluding hydrogens is 326 g/mol. The lowest BCUT2D eigenvalue weighted by Gasteiger charge is -2.18. The topological polar surface area (TPSA) is 126 Å². The van der Waals surface area contributed by atoms with Gasteiger partial charge in [-0.05, 0) is 25.7 Å². The Bertz CT molecular complexity index is 753. The van der Waals surface area contributed by atoms with E-state index in [0.717, 1.165) is 19.3 Å². The van der Waals surface area contributed by atoms with Crippen molar-refractivity contribution in [2.45, 2.75) is 69.3 Å². The van der Waals surface area contributed by atoms with Crippen molar-refractivity contribution in [1.82, 2.24) is 19.5 Å². The minimum absolute atomic E-state index is 0.0529. The van der Waals surface area contributed by atoms with Crippen LogP contribution in [0, 0.1) is 0 Å². The van der Waals surface area contributed by atoms with Crippen LogP contribution in [-0.2, 0) is 4.74 Å². The molecule has 136 valence electrons. The summed E-state index contributed by atoms with van der Waals surface area (Å²) in [5.41, 5.74) is 1.06. The zero-order chi connectivity index (χ0) is 17.6. The van der Waals surface area contributed by atoms with E-state index in [2.05, 4.69) is 20.3 Å². The number of nitrogens with one attached hydrogen (secondary N) is 1. The van der Waals surface area contributed by atoms with E-state index in [1.165, 1.54) is 12.7 Å². The molecule has 2 fully saturated rings. The van der Waals surface area contributed by atoms with Crippen LogP contribution in [0.15, 0.2) is 12.7 Å². The van der Waals surface area contributed by atoms with Crippen LogP contribution in [0.4, 0.5) is 5.82 Å². The number of imidazole rings is 1. The first-order valence-corrected chi connectivity index (χ1v) is 8.74. The fourth-order valence-corrected chi connectivity index (χ4v) is 3.72. The predicted molar refractivity (Wildman–Crippen MR) is 88.8 cm³/mol. The minimum atomic E-state index is -1.05. The number of aliphatic hydroxyl groups excluding tert-OH is 3. The van der Waals surface area contributed by atoms with E-state index in [4.69, 9.17) is 4.74 Å². The van der Waals surface area contributed by atoms with Crippen LogP contribution in [0.3, 0.4) is 0 Å². The summed E-state index contributed by atoms with van der Waals surface area (Å²) in [4.78, 5) is 12.9. The Labute approximate surface area is 144 Å². The van der Waals surface area contributed by atoms with Crippen molar-refractivity contribution < 1.29 is 20.1 Å². The van der Waals surface area contributed by atoms with Gasteiger partial charge in [-0.2, -0.15) is 0 Å². The summed E-state index contributed by atoms with van der Waals surface area (Å²) in [6.45, 7) is 1.89. The molecule has 4 N–H and O–H groups in total. The average molecular weight is 349 g/mol. The maximum atomic E-state index is 10.3. The first-order valence-electron chi connectivity index (χ1n) is 8.74. The van der Waals surface area contributed by atoms with Crippen molar-refractivity contribution in [3.63, 3.8) is 0 Å². The van der Waals surface area contributed by atoms with Gasteiger partial charge in [0.1, 0.15) is 18.5 Å². The summed E-state index contributed by atoms with van der Waals surface area (Å²) < 4.78 is 7.40. The number of anilines is 1. The second kappa shape index (κ2) is 6.49. The van der Waals surface area contributed by atoms with Crippen LogP contribution < -0.4 is 5.32 Å². The molecule has 2 aliphatic rings. The van der Waals surface area contributed by atoms with Crippen molar-refractivity contribution in [1.29, 1.82) is 0 Å². The van der Waals surface area contributed by atoms with E-state index >= 15 is 0 Å². The number of hydrogen-bond donors (Lipinski definition) is 4. The third-order valence-corrected chi connectivity index (χ3v) is 5.17. The van der Waals surface area contributed by atoms with Crippen molar-refractivity contribution >= 4 is 17.0 Å². The first kappa shape index (κ1) is 16.6. The molecule has 1 aliphatic heterocycles. The quantitative estimate of drug-likeness (QED) is 0.616. The second-order valence-electron chi connectivity index (χ2n) is 6.75. The highest BCUT2D eigenvalue weighted by atomic mass is 16.6. The van der Waals surface area contributed by atoms with Gasteiger partial charge < -0.3 is 25.4 Å². The Morgan fingerprint density at radius 2 is 2.04 bits per heavy atom. The van der Waals surface area contributed by atoms with Crippen LogP contribution in [-0.4, -0.2) is 65.3 Å². The van der Waals surface area contributed by atoms with Gasteiger partial charge in [-0.1, -0.05) is 6.92 Å². The van der Waals surface area contributed by atoms with Gasteiger partial charge in [-0.15, -0.1) is 0 Å². The SMILES string of the molecule is CC[C@H]1O[C@@H](n2cnc3c(N[C@H]4CCC[C@H]4O)ncnc32)[C@H](O)[C@@H]1O. The summed E-state index contributed by atoms with van der Waals surface area (Å²) in [5, 5.41) is 33.7. The molecule has 0 aromatic carbocycles. The maximum absolute atomic E-state index is 10.3. The number of ether oxygens (including phenoxy) is 1. The molecule has 3 heterocycles. The predicted octanol–water partition coefficient (Wildman–Crippen LogP) is 0.181. The van der Waals surface area contributed by atoms with Crippen molar-refractivity contribution in [3.8, 4) is 0 Å². The molecule has 9 heteroatoms. The normalized spacial score (nSPS) is 35.5. The van der Waals surface area contributed by atoms with Gasteiger partial charge >= 0.3 is 0 Å². The summed E-state index contributed by atoms with van der Waals surface area (Å²) >= 11 is 0. The standard InChI is InChI=1S/C16H23N5O4/c1-2-10-12(23)13(24)16(25-10)21-7-19-11-14(17-6-18-15(11)21)20-8-4-3-5-9(8)22/h6-10,12-13,16,22-24H,2-5H2,1H3,(H,17,18,20)/t8-,9+,10+,12+,13+,16+/m0/s1. The zero-order valence-electron chi connectivity index (χ0n) is 14.0. The van der Waals surface area contributed by atoms with Gasteiger partial charge in [0.2, 0.25) is 0 Å². The van der Waals surface area contributed by atoms with Gasteiger partial charge in [0.05, 0.1) is 24.6 Å². The lowest BCUT2D eigenvalue weighted by molar-refractivity contribution is -0.0355. The van der Waals surface area contributed by atoms with E-state index in [1.54, 1.807) is 4.57 Å². The average Bonchev–Trinajstić information content (AvgIpc) is 3.29. The molecule has 2 aromatic heterocycles. The molecular formula is C16H23N5O4. The highest BCUT2D eigenvalue weighted by Gasteiger charge is 2.43. The molecule has 25 heavy (non-hydrogen) atoms. The third-order valence-electron chi connectivity index (χ3n) is 5.17. The number of aromatic nitrogens is 4. The molecule has 6 atom stereocenters. The summed E-state index contributed by atoms with van der Waals surface area (Å²) in [7, 11) is 0. The third kappa shape index (κ3) is 2.77. The lowest BCUT2D eigenvalue weighted by Crippen LogP contribution is -2.31. The summed E-state index contributed by atoms with van der Waals surface area (Å²) in [5.74, 6) is 0.551. The molecule has 0 bridgehead atoms. The summed E-state index contributed by atoms with van der Waals surface area (Å²) in [6, 6.07) is -0.0529. The Balaban J connectivity index is 1.65. The van der Waals surface area contributed by atoms with Crippen LogP contribution in [0.1, 0.15) is 38.8 Å². The lowest BCUT2D eigenvalue weighted by atomic mass is 10.1. The highest BCUT2D eigenvalue weighted by Crippen LogP contribution is 2.33. The molecule has 1 aliphatic carbocycles. The zero-order valence-corrected chi connectivity index (χ0v) is 14.0. The van der Waals surface area contributed by atoms with E-state index in [1.807, 2.05) is 6.92 Å². The van der Waals surface area contributed by atoms with Crippen LogP contribution in [0.2, 0.25) is 0 Å². The van der Waals surface area contributed by atoms with Crippen LogP contribution in [0.5, 0.6) is 0 Å². The molecule has 4 rings (SSSR count). The maximum Gasteiger partial charge on any atom is 0.167 e. The molecule has 9 nitrogen and oxygen atoms in total. The molecule has 0 radical (unpaired) electrons. The van der Waals surface area contributed by atoms with E-state index in [0.29, 0.717) is 23.4 Å². The van der Waals surface area contributed by atoms with Crippen LogP contribution >= 0.6 is 0 Å². The molecule has 1 saturated heterocycles. The second-order valence-corrected chi connectivity index (χ2v) is 6.75. The monoisotopic (exact) mass is 349 g/mol. The fraction of sp³-hybridized carbons (Fsp3) is 0.688. The molecule has 1 saturated carbocycles. The molecule has 0 amide bonds. The summed E-state index contributed by atoms with van der Waals surface area (Å²) in [6.07, 6.45) is 2.62. The fourth-order valence-electron chi connectivity index (χ4n) is 3.72. The van der Waals surface area contributed by atoms with Crippen molar-refractivity contribution in [3.05, 3.63) is 12.7 Å². The van der Waals surface area contributed by atoms with Gasteiger partial charge in [-0.25, -0.2) is 15.0 Å². The van der Waals surface area contributed by atoms with E-state index < -0.39 is 30.6 Å². The largest absolute Gasteiger partial charge is 0.391 e. The molecule has 0 spiro atoms. The highest BCUT2D eigenvalue weighted by molar-refractivity contribution is 5.82. The van der Waals surface area contributed by atoms with Crippen molar-refractivity contribution in [2.75, 3.05) is 5.32 Å². The number of fused-ring (bicyclic) bond motifs is 1. The minimum Gasteiger partial charge on any atom is -0.391 e. The van der Waals surface area contributed by atoms with Crippen molar-refractivity contribution in [2.24, 2.45) is 0 Å². The Morgan fingerprint density at radius 1 is 1.20 bits per heavy atom. The van der Waals surface area contributed by atoms with Gasteiger partial charge in [-0.3, -0.25) is 4.57 Å². The number of nitrogens with zero attached hydrogens (tertiary/aromatic N) is 4. The van der Waals surface area contributed by atoms with Gasteiger partial charge in [0, 0.05) is 0 Å².